The van der Waals surface area contributed by atoms with Gasteiger partial charge in [0, 0.05) is 26.5 Å². The van der Waals surface area contributed by atoms with E-state index in [0.29, 0.717) is 19.3 Å². The van der Waals surface area contributed by atoms with Crippen molar-refractivity contribution in [2.24, 2.45) is 0 Å². The molecule has 5 nitrogen and oxygen atoms in total. The largest absolute Gasteiger partial charge is 0.382 e. The van der Waals surface area contributed by atoms with E-state index in [1.807, 2.05) is 0 Å². The van der Waals surface area contributed by atoms with Crippen molar-refractivity contribution in [3.05, 3.63) is 18.0 Å². The van der Waals surface area contributed by atoms with Gasteiger partial charge in [0.25, 0.3) is 0 Å². The Kier molecular flexibility index (Phi) is 7.78. The standard InChI is InChI=1S/C16H29N3O2/c1-20-12-13-21-11-5-9-17-14-15-8-10-19(18-15)16-6-3-2-4-7-16/h8,10,16-17H,2-7,9,11-14H2,1H3. The molecule has 1 fully saturated rings. The fraction of sp³-hybridized carbons (Fsp3) is 0.812. The van der Waals surface area contributed by atoms with Crippen LogP contribution in [0, 0.1) is 0 Å². The van der Waals surface area contributed by atoms with E-state index in [4.69, 9.17) is 14.6 Å². The smallest absolute Gasteiger partial charge is 0.0762 e. The van der Waals surface area contributed by atoms with E-state index in [0.717, 1.165) is 31.8 Å². The van der Waals surface area contributed by atoms with Crippen LogP contribution in [0.5, 0.6) is 0 Å². The molecule has 1 saturated carbocycles. The monoisotopic (exact) mass is 295 g/mol. The predicted molar refractivity (Wildman–Crippen MR) is 83.4 cm³/mol. The summed E-state index contributed by atoms with van der Waals surface area (Å²) in [5.74, 6) is 0. The lowest BCUT2D eigenvalue weighted by Crippen LogP contribution is -2.18. The number of nitrogens with zero attached hydrogens (tertiary/aromatic N) is 2. The van der Waals surface area contributed by atoms with Gasteiger partial charge in [-0.3, -0.25) is 4.68 Å². The van der Waals surface area contributed by atoms with Crippen LogP contribution in [-0.4, -0.2) is 43.3 Å². The van der Waals surface area contributed by atoms with Crippen molar-refractivity contribution in [3.63, 3.8) is 0 Å². The second kappa shape index (κ2) is 9.92. The molecule has 1 heterocycles. The zero-order valence-electron chi connectivity index (χ0n) is 13.2. The van der Waals surface area contributed by atoms with Crippen LogP contribution in [0.3, 0.4) is 0 Å². The van der Waals surface area contributed by atoms with Gasteiger partial charge in [-0.2, -0.15) is 5.10 Å². The van der Waals surface area contributed by atoms with Crippen LogP contribution in [0.4, 0.5) is 0 Å². The number of nitrogens with one attached hydrogen (secondary N) is 1. The summed E-state index contributed by atoms with van der Waals surface area (Å²) in [7, 11) is 1.69. The molecular weight excluding hydrogens is 266 g/mol. The SMILES string of the molecule is COCCOCCCNCc1ccn(C2CCCCC2)n1. The molecule has 5 heteroatoms. The van der Waals surface area contributed by atoms with Crippen LogP contribution >= 0.6 is 0 Å². The predicted octanol–water partition coefficient (Wildman–Crippen LogP) is 2.53. The Morgan fingerprint density at radius 3 is 2.90 bits per heavy atom. The van der Waals surface area contributed by atoms with Crippen molar-refractivity contribution < 1.29 is 9.47 Å². The third-order valence-electron chi connectivity index (χ3n) is 3.99. The number of hydrogen-bond donors (Lipinski definition) is 1. The molecule has 0 atom stereocenters. The fourth-order valence-electron chi connectivity index (χ4n) is 2.78. The highest BCUT2D eigenvalue weighted by Crippen LogP contribution is 2.27. The molecule has 1 aliphatic rings. The van der Waals surface area contributed by atoms with Gasteiger partial charge in [0.05, 0.1) is 24.9 Å². The molecule has 1 aromatic rings. The normalized spacial score (nSPS) is 16.4. The van der Waals surface area contributed by atoms with Crippen LogP contribution in [0.15, 0.2) is 12.3 Å². The maximum absolute atomic E-state index is 5.43. The maximum atomic E-state index is 5.43. The first-order valence-electron chi connectivity index (χ1n) is 8.21. The van der Waals surface area contributed by atoms with Gasteiger partial charge >= 0.3 is 0 Å². The third kappa shape index (κ3) is 6.16. The summed E-state index contributed by atoms with van der Waals surface area (Å²) in [6.07, 6.45) is 9.82. The maximum Gasteiger partial charge on any atom is 0.0762 e. The molecular formula is C16H29N3O2. The van der Waals surface area contributed by atoms with Gasteiger partial charge in [-0.15, -0.1) is 0 Å². The van der Waals surface area contributed by atoms with Gasteiger partial charge in [-0.1, -0.05) is 19.3 Å². The van der Waals surface area contributed by atoms with E-state index < -0.39 is 0 Å². The molecule has 1 N–H and O–H groups in total. The Bertz CT molecular complexity index is 375. The van der Waals surface area contributed by atoms with Crippen LogP contribution < -0.4 is 5.32 Å². The zero-order valence-corrected chi connectivity index (χ0v) is 13.2. The van der Waals surface area contributed by atoms with E-state index >= 15 is 0 Å². The third-order valence-corrected chi connectivity index (χ3v) is 3.99. The summed E-state index contributed by atoms with van der Waals surface area (Å²) in [5, 5.41) is 8.12. The zero-order chi connectivity index (χ0) is 14.8. The molecule has 0 spiro atoms. The van der Waals surface area contributed by atoms with Gasteiger partial charge < -0.3 is 14.8 Å². The van der Waals surface area contributed by atoms with Crippen molar-refractivity contribution in [2.75, 3.05) is 33.5 Å². The second-order valence-electron chi connectivity index (χ2n) is 5.71. The van der Waals surface area contributed by atoms with Crippen molar-refractivity contribution in [1.82, 2.24) is 15.1 Å². The van der Waals surface area contributed by atoms with Crippen LogP contribution in [0.2, 0.25) is 0 Å². The summed E-state index contributed by atoms with van der Waals surface area (Å²) >= 11 is 0. The average Bonchev–Trinajstić information content (AvgIpc) is 3.00. The minimum atomic E-state index is 0.627. The number of hydrogen-bond acceptors (Lipinski definition) is 4. The van der Waals surface area contributed by atoms with E-state index in [2.05, 4.69) is 22.3 Å². The van der Waals surface area contributed by atoms with Crippen molar-refractivity contribution in [2.45, 2.75) is 51.1 Å². The van der Waals surface area contributed by atoms with Gasteiger partial charge in [0.1, 0.15) is 0 Å². The summed E-state index contributed by atoms with van der Waals surface area (Å²) in [6, 6.07) is 2.76. The average molecular weight is 295 g/mol. The first kappa shape index (κ1) is 16.5. The highest BCUT2D eigenvalue weighted by atomic mass is 16.5. The summed E-state index contributed by atoms with van der Waals surface area (Å²) in [6.45, 7) is 3.95. The van der Waals surface area contributed by atoms with E-state index in [9.17, 15) is 0 Å². The quantitative estimate of drug-likeness (QED) is 0.674. The highest BCUT2D eigenvalue weighted by Gasteiger charge is 2.15. The number of rotatable bonds is 10. The Balaban J connectivity index is 1.55. The molecule has 1 aromatic heterocycles. The van der Waals surface area contributed by atoms with Gasteiger partial charge in [-0.05, 0) is 31.9 Å². The topological polar surface area (TPSA) is 48.3 Å². The molecule has 2 rings (SSSR count). The van der Waals surface area contributed by atoms with Crippen LogP contribution in [-0.2, 0) is 16.0 Å². The van der Waals surface area contributed by atoms with Crippen molar-refractivity contribution in [1.29, 1.82) is 0 Å². The fourth-order valence-corrected chi connectivity index (χ4v) is 2.78. The van der Waals surface area contributed by atoms with Gasteiger partial charge in [-0.25, -0.2) is 0 Å². The van der Waals surface area contributed by atoms with E-state index in [-0.39, 0.29) is 0 Å². The minimum absolute atomic E-state index is 0.627. The summed E-state index contributed by atoms with van der Waals surface area (Å²) in [4.78, 5) is 0. The first-order valence-corrected chi connectivity index (χ1v) is 8.21. The molecule has 1 aliphatic carbocycles. The second-order valence-corrected chi connectivity index (χ2v) is 5.71. The molecule has 0 unspecified atom stereocenters. The number of methoxy groups -OCH3 is 1. The van der Waals surface area contributed by atoms with E-state index in [1.54, 1.807) is 7.11 Å². The Labute approximate surface area is 128 Å². The van der Waals surface area contributed by atoms with Crippen molar-refractivity contribution in [3.8, 4) is 0 Å². The molecule has 0 saturated heterocycles. The first-order chi connectivity index (χ1) is 10.4. The molecule has 0 bridgehead atoms. The van der Waals surface area contributed by atoms with Crippen molar-refractivity contribution >= 4 is 0 Å². The summed E-state index contributed by atoms with van der Waals surface area (Å²) < 4.78 is 12.5. The number of ether oxygens (including phenoxy) is 2. The molecule has 120 valence electrons. The minimum Gasteiger partial charge on any atom is -0.382 e. The lowest BCUT2D eigenvalue weighted by atomic mass is 9.96. The lowest BCUT2D eigenvalue weighted by molar-refractivity contribution is 0.0694. The molecule has 0 aromatic carbocycles. The van der Waals surface area contributed by atoms with Gasteiger partial charge in [0.2, 0.25) is 0 Å². The Hall–Kier alpha value is -0.910. The lowest BCUT2D eigenvalue weighted by Gasteiger charge is -2.21. The highest BCUT2D eigenvalue weighted by molar-refractivity contribution is 4.99. The molecule has 21 heavy (non-hydrogen) atoms. The number of aromatic nitrogens is 2. The van der Waals surface area contributed by atoms with Crippen LogP contribution in [0.1, 0.15) is 50.3 Å². The Morgan fingerprint density at radius 2 is 2.10 bits per heavy atom. The Morgan fingerprint density at radius 1 is 1.24 bits per heavy atom. The van der Waals surface area contributed by atoms with Gasteiger partial charge in [0.15, 0.2) is 0 Å². The van der Waals surface area contributed by atoms with E-state index in [1.165, 1.54) is 32.1 Å². The molecule has 0 aliphatic heterocycles. The molecule has 0 amide bonds. The molecule has 0 radical (unpaired) electrons. The van der Waals surface area contributed by atoms with Crippen LogP contribution in [0.25, 0.3) is 0 Å². The summed E-state index contributed by atoms with van der Waals surface area (Å²) in [5.41, 5.74) is 1.14.